The zero-order valence-electron chi connectivity index (χ0n) is 14.3. The average Bonchev–Trinajstić information content (AvgIpc) is 2.97. The standard InChI is InChI=1S/C17H23ClN4O3/c1-3-10(2)15(21-17(19)25)16(24)20-11-6-7-13(12(18)9-11)22-8-4-5-14(22)23/h6-7,9-10,15H,3-5,8H2,1-2H3,(H,20,24)(H3,19,21,25)/t10-,15+/m1/s1. The van der Waals surface area contributed by atoms with Crippen molar-refractivity contribution in [1.29, 1.82) is 0 Å². The number of hydrogen-bond donors (Lipinski definition) is 3. The fourth-order valence-corrected chi connectivity index (χ4v) is 3.06. The quantitative estimate of drug-likeness (QED) is 0.720. The molecule has 4 amide bonds. The highest BCUT2D eigenvalue weighted by Crippen LogP contribution is 2.31. The summed E-state index contributed by atoms with van der Waals surface area (Å²) in [6.07, 6.45) is 2.03. The molecule has 1 fully saturated rings. The number of nitrogens with two attached hydrogens (primary N) is 1. The Balaban J connectivity index is 2.13. The van der Waals surface area contributed by atoms with Crippen LogP contribution < -0.4 is 21.3 Å². The number of nitrogens with zero attached hydrogens (tertiary/aromatic N) is 1. The van der Waals surface area contributed by atoms with Gasteiger partial charge in [-0.15, -0.1) is 0 Å². The summed E-state index contributed by atoms with van der Waals surface area (Å²) < 4.78 is 0. The third-order valence-electron chi connectivity index (χ3n) is 4.37. The van der Waals surface area contributed by atoms with Crippen molar-refractivity contribution in [2.24, 2.45) is 11.7 Å². The van der Waals surface area contributed by atoms with Crippen LogP contribution in [0.3, 0.4) is 0 Å². The minimum Gasteiger partial charge on any atom is -0.352 e. The molecule has 1 aliphatic heterocycles. The van der Waals surface area contributed by atoms with E-state index in [-0.39, 0.29) is 17.7 Å². The monoisotopic (exact) mass is 366 g/mol. The molecule has 2 rings (SSSR count). The van der Waals surface area contributed by atoms with E-state index in [1.807, 2.05) is 13.8 Å². The SMILES string of the molecule is CC[C@@H](C)[C@H](NC(N)=O)C(=O)Nc1ccc(N2CCCC2=O)c(Cl)c1. The van der Waals surface area contributed by atoms with Gasteiger partial charge in [0.2, 0.25) is 11.8 Å². The van der Waals surface area contributed by atoms with Crippen LogP contribution in [0.25, 0.3) is 0 Å². The maximum absolute atomic E-state index is 12.5. The first-order valence-corrected chi connectivity index (χ1v) is 8.68. The van der Waals surface area contributed by atoms with E-state index in [1.54, 1.807) is 23.1 Å². The molecule has 1 aliphatic rings. The number of halogens is 1. The predicted molar refractivity (Wildman–Crippen MR) is 97.6 cm³/mol. The van der Waals surface area contributed by atoms with Crippen LogP contribution >= 0.6 is 11.6 Å². The molecule has 2 atom stereocenters. The van der Waals surface area contributed by atoms with E-state index in [0.717, 1.165) is 6.42 Å². The van der Waals surface area contributed by atoms with Gasteiger partial charge in [-0.2, -0.15) is 0 Å². The van der Waals surface area contributed by atoms with Gasteiger partial charge in [-0.05, 0) is 30.5 Å². The lowest BCUT2D eigenvalue weighted by molar-refractivity contribution is -0.119. The number of carbonyl (C=O) groups excluding carboxylic acids is 3. The Labute approximate surface area is 151 Å². The predicted octanol–water partition coefficient (Wildman–Crippen LogP) is 2.49. The van der Waals surface area contributed by atoms with Crippen molar-refractivity contribution < 1.29 is 14.4 Å². The second-order valence-corrected chi connectivity index (χ2v) is 6.58. The van der Waals surface area contributed by atoms with Crippen molar-refractivity contribution >= 4 is 40.8 Å². The van der Waals surface area contributed by atoms with Crippen LogP contribution in [0.4, 0.5) is 16.2 Å². The summed E-state index contributed by atoms with van der Waals surface area (Å²) in [6, 6.07) is 3.50. The molecule has 0 radical (unpaired) electrons. The van der Waals surface area contributed by atoms with Crippen molar-refractivity contribution in [2.45, 2.75) is 39.2 Å². The van der Waals surface area contributed by atoms with Crippen LogP contribution in [0.1, 0.15) is 33.1 Å². The Kier molecular flexibility index (Phi) is 6.25. The first-order valence-electron chi connectivity index (χ1n) is 8.30. The molecule has 0 unspecified atom stereocenters. The molecular weight excluding hydrogens is 344 g/mol. The van der Waals surface area contributed by atoms with Gasteiger partial charge in [0.25, 0.3) is 0 Å². The van der Waals surface area contributed by atoms with Gasteiger partial charge in [0.15, 0.2) is 0 Å². The Bertz CT molecular complexity index is 680. The smallest absolute Gasteiger partial charge is 0.312 e. The van der Waals surface area contributed by atoms with Crippen molar-refractivity contribution in [3.8, 4) is 0 Å². The molecule has 1 heterocycles. The van der Waals surface area contributed by atoms with Crippen molar-refractivity contribution in [3.63, 3.8) is 0 Å². The second-order valence-electron chi connectivity index (χ2n) is 6.18. The summed E-state index contributed by atoms with van der Waals surface area (Å²) in [6.45, 7) is 4.42. The number of benzene rings is 1. The third-order valence-corrected chi connectivity index (χ3v) is 4.68. The third kappa shape index (κ3) is 4.63. The highest BCUT2D eigenvalue weighted by molar-refractivity contribution is 6.34. The molecule has 1 saturated heterocycles. The van der Waals surface area contributed by atoms with Crippen LogP contribution in [0.5, 0.6) is 0 Å². The van der Waals surface area contributed by atoms with Gasteiger partial charge in [-0.3, -0.25) is 9.59 Å². The lowest BCUT2D eigenvalue weighted by Gasteiger charge is -2.23. The van der Waals surface area contributed by atoms with Crippen LogP contribution in [-0.2, 0) is 9.59 Å². The number of urea groups is 1. The summed E-state index contributed by atoms with van der Waals surface area (Å²) >= 11 is 6.28. The minimum absolute atomic E-state index is 0.0428. The molecule has 0 spiro atoms. The fraction of sp³-hybridized carbons (Fsp3) is 0.471. The van der Waals surface area contributed by atoms with Gasteiger partial charge in [0.1, 0.15) is 6.04 Å². The van der Waals surface area contributed by atoms with Crippen LogP contribution in [0.15, 0.2) is 18.2 Å². The van der Waals surface area contributed by atoms with Crippen LogP contribution in [0.2, 0.25) is 5.02 Å². The van der Waals surface area contributed by atoms with E-state index < -0.39 is 12.1 Å². The summed E-state index contributed by atoms with van der Waals surface area (Å²) in [7, 11) is 0. The highest BCUT2D eigenvalue weighted by atomic mass is 35.5. The Morgan fingerprint density at radius 1 is 1.40 bits per heavy atom. The fourth-order valence-electron chi connectivity index (χ4n) is 2.78. The second kappa shape index (κ2) is 8.20. The average molecular weight is 367 g/mol. The number of rotatable bonds is 6. The summed E-state index contributed by atoms with van der Waals surface area (Å²) in [5.41, 5.74) is 6.28. The number of hydrogen-bond acceptors (Lipinski definition) is 3. The maximum Gasteiger partial charge on any atom is 0.312 e. The number of nitrogens with one attached hydrogen (secondary N) is 2. The largest absolute Gasteiger partial charge is 0.352 e. The lowest BCUT2D eigenvalue weighted by Crippen LogP contribution is -2.49. The van der Waals surface area contributed by atoms with E-state index in [4.69, 9.17) is 17.3 Å². The molecule has 8 heteroatoms. The summed E-state index contributed by atoms with van der Waals surface area (Å²) in [5, 5.41) is 5.59. The first kappa shape index (κ1) is 19.1. The van der Waals surface area contributed by atoms with Crippen molar-refractivity contribution in [3.05, 3.63) is 23.2 Å². The molecule has 0 aromatic heterocycles. The molecule has 1 aromatic rings. The van der Waals surface area contributed by atoms with Gasteiger partial charge in [0.05, 0.1) is 10.7 Å². The van der Waals surface area contributed by atoms with Crippen molar-refractivity contribution in [2.75, 3.05) is 16.8 Å². The van der Waals surface area contributed by atoms with Gasteiger partial charge < -0.3 is 21.3 Å². The normalized spacial score (nSPS) is 16.4. The molecule has 7 nitrogen and oxygen atoms in total. The zero-order chi connectivity index (χ0) is 18.6. The van der Waals surface area contributed by atoms with E-state index in [1.165, 1.54) is 0 Å². The lowest BCUT2D eigenvalue weighted by atomic mass is 9.98. The first-order chi connectivity index (χ1) is 11.8. The number of amides is 4. The number of carbonyl (C=O) groups is 3. The van der Waals surface area contributed by atoms with Crippen molar-refractivity contribution in [1.82, 2.24) is 5.32 Å². The Morgan fingerprint density at radius 2 is 2.12 bits per heavy atom. The topological polar surface area (TPSA) is 105 Å². The molecule has 136 valence electrons. The summed E-state index contributed by atoms with van der Waals surface area (Å²) in [4.78, 5) is 37.1. The zero-order valence-corrected chi connectivity index (χ0v) is 15.1. The van der Waals surface area contributed by atoms with E-state index >= 15 is 0 Å². The molecule has 25 heavy (non-hydrogen) atoms. The van der Waals surface area contributed by atoms with E-state index in [2.05, 4.69) is 10.6 Å². The molecule has 0 aliphatic carbocycles. The van der Waals surface area contributed by atoms with Crippen LogP contribution in [0, 0.1) is 5.92 Å². The summed E-state index contributed by atoms with van der Waals surface area (Å²) in [5.74, 6) is -0.403. The van der Waals surface area contributed by atoms with Gasteiger partial charge in [0, 0.05) is 18.7 Å². The van der Waals surface area contributed by atoms with Gasteiger partial charge >= 0.3 is 6.03 Å². The van der Waals surface area contributed by atoms with Crippen LogP contribution in [-0.4, -0.2) is 30.4 Å². The van der Waals surface area contributed by atoms with Gasteiger partial charge in [-0.25, -0.2) is 4.79 Å². The molecule has 0 saturated carbocycles. The number of primary amides is 1. The van der Waals surface area contributed by atoms with E-state index in [9.17, 15) is 14.4 Å². The van der Waals surface area contributed by atoms with Gasteiger partial charge in [-0.1, -0.05) is 31.9 Å². The minimum atomic E-state index is -0.749. The van der Waals surface area contributed by atoms with E-state index in [0.29, 0.717) is 35.8 Å². The Morgan fingerprint density at radius 3 is 2.64 bits per heavy atom. The molecule has 4 N–H and O–H groups in total. The molecular formula is C17H23ClN4O3. The molecule has 0 bridgehead atoms. The Hall–Kier alpha value is -2.28. The number of anilines is 2. The highest BCUT2D eigenvalue weighted by Gasteiger charge is 2.26. The molecule has 1 aromatic carbocycles. The maximum atomic E-state index is 12.5.